The molecule has 1 aliphatic rings. The monoisotopic (exact) mass is 250 g/mol. The van der Waals surface area contributed by atoms with Crippen molar-refractivity contribution in [3.63, 3.8) is 0 Å². The van der Waals surface area contributed by atoms with Gasteiger partial charge < -0.3 is 4.74 Å². The fourth-order valence-electron chi connectivity index (χ4n) is 2.13. The van der Waals surface area contributed by atoms with E-state index in [1.54, 1.807) is 6.20 Å². The molecule has 0 N–H and O–H groups in total. The van der Waals surface area contributed by atoms with E-state index in [0.29, 0.717) is 12.2 Å². The summed E-state index contributed by atoms with van der Waals surface area (Å²) in [5.41, 5.74) is -0.557. The number of nitrogens with zero attached hydrogens (tertiary/aromatic N) is 2. The first kappa shape index (κ1) is 12.8. The van der Waals surface area contributed by atoms with Crippen LogP contribution in [0.4, 0.5) is 4.79 Å². The molecule has 2 rings (SSSR count). The minimum Gasteiger partial charge on any atom is -0.443 e. The third-order valence-corrected chi connectivity index (χ3v) is 2.88. The van der Waals surface area contributed by atoms with Crippen LogP contribution in [0.5, 0.6) is 0 Å². The van der Waals surface area contributed by atoms with Crippen molar-refractivity contribution in [1.29, 1.82) is 0 Å². The number of carbonyl (C=O) groups is 2. The predicted molar refractivity (Wildman–Crippen MR) is 65.5 cm³/mol. The second-order valence-electron chi connectivity index (χ2n) is 5.55. The van der Waals surface area contributed by atoms with Gasteiger partial charge in [-0.05, 0) is 33.6 Å². The third kappa shape index (κ3) is 2.60. The number of imidazole rings is 1. The number of Topliss-reactive ketones (excluding diaryl/α,β-unsaturated/α-hetero) is 1. The minimum absolute atomic E-state index is 0.158. The van der Waals surface area contributed by atoms with Gasteiger partial charge in [0.2, 0.25) is 0 Å². The molecule has 1 unspecified atom stereocenters. The van der Waals surface area contributed by atoms with E-state index in [9.17, 15) is 9.59 Å². The Balaban J connectivity index is 2.22. The van der Waals surface area contributed by atoms with Crippen molar-refractivity contribution in [3.05, 3.63) is 18.2 Å². The van der Waals surface area contributed by atoms with Gasteiger partial charge in [0.15, 0.2) is 0 Å². The van der Waals surface area contributed by atoms with Crippen molar-refractivity contribution >= 4 is 11.9 Å². The molecule has 0 saturated heterocycles. The zero-order valence-corrected chi connectivity index (χ0v) is 11.0. The van der Waals surface area contributed by atoms with Crippen LogP contribution in [0.1, 0.15) is 51.8 Å². The summed E-state index contributed by atoms with van der Waals surface area (Å²) < 4.78 is 6.64. The molecule has 98 valence electrons. The SMILES string of the molecule is CC(C)(C)OC(=O)n1ccnc1C1CCCC1=O. The van der Waals surface area contributed by atoms with Gasteiger partial charge in [0, 0.05) is 18.8 Å². The summed E-state index contributed by atoms with van der Waals surface area (Å²) in [5, 5.41) is 0. The van der Waals surface area contributed by atoms with Gasteiger partial charge in [0.1, 0.15) is 17.2 Å². The fourth-order valence-corrected chi connectivity index (χ4v) is 2.13. The Hall–Kier alpha value is -1.65. The number of ether oxygens (including phenoxy) is 1. The first-order chi connectivity index (χ1) is 8.38. The van der Waals surface area contributed by atoms with E-state index in [4.69, 9.17) is 4.74 Å². The van der Waals surface area contributed by atoms with Crippen molar-refractivity contribution in [2.24, 2.45) is 0 Å². The molecular formula is C13H18N2O3. The van der Waals surface area contributed by atoms with Crippen LogP contribution < -0.4 is 0 Å². The summed E-state index contributed by atoms with van der Waals surface area (Å²) in [5.74, 6) is 0.408. The van der Waals surface area contributed by atoms with Gasteiger partial charge in [-0.3, -0.25) is 4.79 Å². The zero-order chi connectivity index (χ0) is 13.3. The molecule has 0 aromatic carbocycles. The van der Waals surface area contributed by atoms with E-state index in [0.717, 1.165) is 12.8 Å². The van der Waals surface area contributed by atoms with Crippen LogP contribution in [0.3, 0.4) is 0 Å². The molecule has 0 spiro atoms. The molecule has 0 bridgehead atoms. The van der Waals surface area contributed by atoms with E-state index in [-0.39, 0.29) is 11.7 Å². The molecule has 1 aromatic rings. The molecule has 18 heavy (non-hydrogen) atoms. The Morgan fingerprint density at radius 1 is 1.50 bits per heavy atom. The predicted octanol–water partition coefficient (Wildman–Crippen LogP) is 2.50. The molecule has 5 heteroatoms. The lowest BCUT2D eigenvalue weighted by Crippen LogP contribution is -2.28. The van der Waals surface area contributed by atoms with Crippen LogP contribution in [0.15, 0.2) is 12.4 Å². The second kappa shape index (κ2) is 4.55. The maximum atomic E-state index is 12.0. The van der Waals surface area contributed by atoms with Crippen LogP contribution in [0, 0.1) is 0 Å². The van der Waals surface area contributed by atoms with Crippen LogP contribution in [0.2, 0.25) is 0 Å². The minimum atomic E-state index is -0.557. The normalized spacial score (nSPS) is 20.2. The first-order valence-corrected chi connectivity index (χ1v) is 6.18. The third-order valence-electron chi connectivity index (χ3n) is 2.88. The Morgan fingerprint density at radius 2 is 2.22 bits per heavy atom. The molecule has 0 radical (unpaired) electrons. The van der Waals surface area contributed by atoms with Gasteiger partial charge in [-0.15, -0.1) is 0 Å². The average molecular weight is 250 g/mol. The van der Waals surface area contributed by atoms with Gasteiger partial charge in [-0.2, -0.15) is 0 Å². The molecule has 1 atom stereocenters. The van der Waals surface area contributed by atoms with Crippen molar-refractivity contribution in [2.75, 3.05) is 0 Å². The number of aromatic nitrogens is 2. The van der Waals surface area contributed by atoms with Crippen molar-refractivity contribution < 1.29 is 14.3 Å². The van der Waals surface area contributed by atoms with Gasteiger partial charge in [-0.25, -0.2) is 14.3 Å². The highest BCUT2D eigenvalue weighted by atomic mass is 16.6. The van der Waals surface area contributed by atoms with Crippen LogP contribution in [-0.2, 0) is 9.53 Å². The van der Waals surface area contributed by atoms with Gasteiger partial charge in [-0.1, -0.05) is 0 Å². The second-order valence-corrected chi connectivity index (χ2v) is 5.55. The van der Waals surface area contributed by atoms with Crippen molar-refractivity contribution in [3.8, 4) is 0 Å². The molecule has 1 aromatic heterocycles. The van der Waals surface area contributed by atoms with Crippen LogP contribution >= 0.6 is 0 Å². The van der Waals surface area contributed by atoms with Crippen LogP contribution in [0.25, 0.3) is 0 Å². The first-order valence-electron chi connectivity index (χ1n) is 6.18. The lowest BCUT2D eigenvalue weighted by atomic mass is 10.1. The summed E-state index contributed by atoms with van der Waals surface area (Å²) in [6.07, 6.45) is 4.81. The number of hydrogen-bond acceptors (Lipinski definition) is 4. The lowest BCUT2D eigenvalue weighted by molar-refractivity contribution is -0.118. The summed E-state index contributed by atoms with van der Waals surface area (Å²) in [6, 6.07) is 0. The van der Waals surface area contributed by atoms with Gasteiger partial charge in [0.25, 0.3) is 0 Å². The molecule has 1 saturated carbocycles. The van der Waals surface area contributed by atoms with E-state index < -0.39 is 11.7 Å². The molecule has 1 aliphatic carbocycles. The molecule has 1 heterocycles. The Bertz CT molecular complexity index is 471. The van der Waals surface area contributed by atoms with E-state index in [1.165, 1.54) is 10.8 Å². The number of carbonyl (C=O) groups excluding carboxylic acids is 2. The summed E-state index contributed by atoms with van der Waals surface area (Å²) in [6.45, 7) is 5.42. The Kier molecular flexibility index (Phi) is 3.24. The largest absolute Gasteiger partial charge is 0.443 e. The maximum absolute atomic E-state index is 12.0. The molecule has 1 fully saturated rings. The standard InChI is InChI=1S/C13H18N2O3/c1-13(2,3)18-12(17)15-8-7-14-11(15)9-5-4-6-10(9)16/h7-9H,4-6H2,1-3H3. The highest BCUT2D eigenvalue weighted by Gasteiger charge is 2.31. The average Bonchev–Trinajstić information content (AvgIpc) is 2.82. The molecular weight excluding hydrogens is 232 g/mol. The topological polar surface area (TPSA) is 61.2 Å². The summed E-state index contributed by atoms with van der Waals surface area (Å²) in [7, 11) is 0. The smallest absolute Gasteiger partial charge is 0.420 e. The zero-order valence-electron chi connectivity index (χ0n) is 11.0. The van der Waals surface area contributed by atoms with Crippen molar-refractivity contribution in [2.45, 2.75) is 51.6 Å². The Morgan fingerprint density at radius 3 is 2.78 bits per heavy atom. The van der Waals surface area contributed by atoms with Crippen LogP contribution in [-0.4, -0.2) is 27.0 Å². The number of ketones is 1. The molecule has 0 amide bonds. The number of rotatable bonds is 1. The summed E-state index contributed by atoms with van der Waals surface area (Å²) >= 11 is 0. The van der Waals surface area contributed by atoms with Gasteiger partial charge in [0.05, 0.1) is 5.92 Å². The highest BCUT2D eigenvalue weighted by Crippen LogP contribution is 2.30. The molecule has 0 aliphatic heterocycles. The maximum Gasteiger partial charge on any atom is 0.420 e. The molecule has 5 nitrogen and oxygen atoms in total. The van der Waals surface area contributed by atoms with Crippen molar-refractivity contribution in [1.82, 2.24) is 9.55 Å². The summed E-state index contributed by atoms with van der Waals surface area (Å²) in [4.78, 5) is 27.9. The fraction of sp³-hybridized carbons (Fsp3) is 0.615. The van der Waals surface area contributed by atoms with E-state index in [1.807, 2.05) is 20.8 Å². The van der Waals surface area contributed by atoms with E-state index >= 15 is 0 Å². The van der Waals surface area contributed by atoms with Gasteiger partial charge >= 0.3 is 6.09 Å². The quantitative estimate of drug-likeness (QED) is 0.768. The highest BCUT2D eigenvalue weighted by molar-refractivity contribution is 5.87. The van der Waals surface area contributed by atoms with E-state index in [2.05, 4.69) is 4.98 Å². The Labute approximate surface area is 106 Å². The lowest BCUT2D eigenvalue weighted by Gasteiger charge is -2.20. The number of hydrogen-bond donors (Lipinski definition) is 0.